The molecule has 2 N–H and O–H groups in total. The average Bonchev–Trinajstić information content (AvgIpc) is 3.37. The number of benzene rings is 2. The summed E-state index contributed by atoms with van der Waals surface area (Å²) < 4.78 is 26.2. The molecule has 5 rings (SSSR count). The number of pyridine rings is 1. The Labute approximate surface area is 221 Å². The van der Waals surface area contributed by atoms with E-state index in [1.165, 1.54) is 12.4 Å². The van der Waals surface area contributed by atoms with Crippen molar-refractivity contribution < 1.29 is 18.7 Å². The molecule has 1 aromatic heterocycles. The highest BCUT2D eigenvalue weighted by Gasteiger charge is 2.23. The van der Waals surface area contributed by atoms with Gasteiger partial charge in [0.1, 0.15) is 11.6 Å². The van der Waals surface area contributed by atoms with E-state index in [0.29, 0.717) is 48.9 Å². The fraction of sp³-hybridized carbons (Fsp3) is 0.345. The number of halogens is 2. The first-order valence-corrected chi connectivity index (χ1v) is 13.0. The maximum Gasteiger partial charge on any atom is 0.225 e. The molecule has 0 unspecified atom stereocenters. The smallest absolute Gasteiger partial charge is 0.225 e. The van der Waals surface area contributed by atoms with Crippen LogP contribution in [0, 0.1) is 12.7 Å². The van der Waals surface area contributed by atoms with E-state index in [1.54, 1.807) is 0 Å². The molecule has 2 aromatic carbocycles. The number of rotatable bonds is 8. The number of carbonyl (C=O) groups excluding carboxylic acids is 1. The second-order valence-corrected chi connectivity index (χ2v) is 10.0. The zero-order valence-electron chi connectivity index (χ0n) is 20.5. The van der Waals surface area contributed by atoms with Crippen LogP contribution >= 0.6 is 11.6 Å². The predicted octanol–water partition coefficient (Wildman–Crippen LogP) is 5.09. The molecule has 0 saturated carbocycles. The Bertz CT molecular complexity index is 1250. The second kappa shape index (κ2) is 11.6. The number of hydrogen-bond acceptors (Lipinski definition) is 5. The van der Waals surface area contributed by atoms with Crippen LogP contribution in [0.15, 0.2) is 54.9 Å². The molecule has 8 heteroatoms. The molecule has 2 aliphatic rings. The van der Waals surface area contributed by atoms with Gasteiger partial charge in [0.2, 0.25) is 5.91 Å². The summed E-state index contributed by atoms with van der Waals surface area (Å²) in [6.07, 6.45) is 4.71. The number of carbonyl (C=O) groups is 1. The lowest BCUT2D eigenvalue weighted by Gasteiger charge is -2.28. The summed E-state index contributed by atoms with van der Waals surface area (Å²) >= 11 is 6.12. The van der Waals surface area contributed by atoms with Gasteiger partial charge in [-0.3, -0.25) is 9.78 Å². The fourth-order valence-electron chi connectivity index (χ4n) is 4.92. The largest absolute Gasteiger partial charge is 0.493 e. The van der Waals surface area contributed by atoms with Crippen molar-refractivity contribution in [2.24, 2.45) is 0 Å². The maximum atomic E-state index is 14.8. The van der Waals surface area contributed by atoms with E-state index in [0.717, 1.165) is 28.9 Å². The van der Waals surface area contributed by atoms with E-state index < -0.39 is 5.82 Å². The van der Waals surface area contributed by atoms with Crippen molar-refractivity contribution >= 4 is 23.2 Å². The third kappa shape index (κ3) is 6.29. The van der Waals surface area contributed by atoms with Gasteiger partial charge in [0, 0.05) is 41.9 Å². The van der Waals surface area contributed by atoms with E-state index in [2.05, 4.69) is 28.6 Å². The van der Waals surface area contributed by atoms with Gasteiger partial charge in [0.15, 0.2) is 0 Å². The molecule has 0 aliphatic carbocycles. The summed E-state index contributed by atoms with van der Waals surface area (Å²) in [5, 5.41) is 6.83. The lowest BCUT2D eigenvalue weighted by atomic mass is 9.87. The first kappa shape index (κ1) is 25.6. The van der Waals surface area contributed by atoms with E-state index in [9.17, 15) is 9.18 Å². The molecule has 0 spiro atoms. The van der Waals surface area contributed by atoms with Gasteiger partial charge in [-0.05, 0) is 54.7 Å². The molecule has 37 heavy (non-hydrogen) atoms. The summed E-state index contributed by atoms with van der Waals surface area (Å²) in [4.78, 5) is 17.3. The van der Waals surface area contributed by atoms with Crippen molar-refractivity contribution in [3.63, 3.8) is 0 Å². The highest BCUT2D eigenvalue weighted by molar-refractivity contribution is 6.30. The van der Waals surface area contributed by atoms with Gasteiger partial charge in [-0.2, -0.15) is 0 Å². The van der Waals surface area contributed by atoms with Crippen molar-refractivity contribution in [1.82, 2.24) is 10.3 Å². The Morgan fingerprint density at radius 2 is 2.03 bits per heavy atom. The number of nitrogens with zero attached hydrogens (tertiary/aromatic N) is 1. The van der Waals surface area contributed by atoms with Crippen LogP contribution in [0.2, 0.25) is 5.02 Å². The lowest BCUT2D eigenvalue weighted by molar-refractivity contribution is -0.116. The zero-order chi connectivity index (χ0) is 25.8. The summed E-state index contributed by atoms with van der Waals surface area (Å²) in [5.41, 5.74) is 3.95. The van der Waals surface area contributed by atoms with Gasteiger partial charge in [-0.15, -0.1) is 0 Å². The zero-order valence-corrected chi connectivity index (χ0v) is 21.3. The Morgan fingerprint density at radius 3 is 2.81 bits per heavy atom. The Kier molecular flexibility index (Phi) is 8.03. The number of amides is 1. The van der Waals surface area contributed by atoms with Gasteiger partial charge in [-0.25, -0.2) is 4.39 Å². The molecule has 2 aliphatic heterocycles. The SMILES string of the molecule is [CH2][C@H]1CO[C@H](CCc2c(F)cncc2NC(=O)C[C@@H](c2ccc(Cl)cc2)c2ccc3c(c2)CCO3)CN1. The monoisotopic (exact) mass is 522 g/mol. The van der Waals surface area contributed by atoms with Crippen LogP contribution in [-0.2, 0) is 22.4 Å². The van der Waals surface area contributed by atoms with Crippen molar-refractivity contribution in [3.8, 4) is 5.75 Å². The number of aromatic nitrogens is 1. The fourth-order valence-corrected chi connectivity index (χ4v) is 5.04. The number of fused-ring (bicyclic) bond motifs is 1. The van der Waals surface area contributed by atoms with Crippen LogP contribution in [0.25, 0.3) is 0 Å². The van der Waals surface area contributed by atoms with Crippen molar-refractivity contribution in [2.45, 2.75) is 43.7 Å². The van der Waals surface area contributed by atoms with Crippen LogP contribution in [0.3, 0.4) is 0 Å². The van der Waals surface area contributed by atoms with E-state index in [-0.39, 0.29) is 30.4 Å². The summed E-state index contributed by atoms with van der Waals surface area (Å²) in [5.74, 6) is 0.0251. The Morgan fingerprint density at radius 1 is 1.22 bits per heavy atom. The third-order valence-electron chi connectivity index (χ3n) is 6.94. The van der Waals surface area contributed by atoms with Gasteiger partial charge in [-0.1, -0.05) is 35.9 Å². The van der Waals surface area contributed by atoms with Crippen LogP contribution in [-0.4, -0.2) is 42.8 Å². The Balaban J connectivity index is 1.33. The maximum absolute atomic E-state index is 14.8. The van der Waals surface area contributed by atoms with Crippen LogP contribution < -0.4 is 15.4 Å². The first-order chi connectivity index (χ1) is 18.0. The van der Waals surface area contributed by atoms with Gasteiger partial charge in [0.25, 0.3) is 0 Å². The predicted molar refractivity (Wildman–Crippen MR) is 142 cm³/mol. The quantitative estimate of drug-likeness (QED) is 0.431. The van der Waals surface area contributed by atoms with E-state index in [1.807, 2.05) is 36.4 Å². The number of nitrogens with one attached hydrogen (secondary N) is 2. The average molecular weight is 523 g/mol. The molecular formula is C29H30ClFN3O3. The molecular weight excluding hydrogens is 493 g/mol. The van der Waals surface area contributed by atoms with Crippen LogP contribution in [0.4, 0.5) is 10.1 Å². The number of ether oxygens (including phenoxy) is 2. The van der Waals surface area contributed by atoms with Crippen molar-refractivity contribution in [2.75, 3.05) is 25.1 Å². The van der Waals surface area contributed by atoms with Gasteiger partial charge in [0.05, 0.1) is 37.4 Å². The van der Waals surface area contributed by atoms with E-state index in [4.69, 9.17) is 21.1 Å². The minimum absolute atomic E-state index is 0.0350. The molecule has 1 fully saturated rings. The molecule has 3 aromatic rings. The third-order valence-corrected chi connectivity index (χ3v) is 7.19. The first-order valence-electron chi connectivity index (χ1n) is 12.6. The number of anilines is 1. The standard InChI is InChI=1S/C29H30ClFN3O3/c1-18-17-37-23(14-33-18)7-8-24-26(31)15-32-16-27(24)34-29(35)13-25(19-2-5-22(30)6-3-19)20-4-9-28-21(12-20)10-11-36-28/h2-6,9,12,15-16,18,23,25,33H,1,7-8,10-11,13-14,17H2,(H,34,35)/t18-,23+,25-/m0/s1. The minimum Gasteiger partial charge on any atom is -0.493 e. The topological polar surface area (TPSA) is 72.5 Å². The van der Waals surface area contributed by atoms with Gasteiger partial charge < -0.3 is 20.1 Å². The highest BCUT2D eigenvalue weighted by atomic mass is 35.5. The molecule has 1 amide bonds. The lowest BCUT2D eigenvalue weighted by Crippen LogP contribution is -2.45. The summed E-state index contributed by atoms with van der Waals surface area (Å²) in [6, 6.07) is 13.7. The molecule has 1 radical (unpaired) electrons. The van der Waals surface area contributed by atoms with Crippen LogP contribution in [0.5, 0.6) is 5.75 Å². The molecule has 1 saturated heterocycles. The minimum atomic E-state index is -0.440. The number of morpholine rings is 1. The Hall–Kier alpha value is -3.00. The number of hydrogen-bond donors (Lipinski definition) is 2. The van der Waals surface area contributed by atoms with Gasteiger partial charge >= 0.3 is 0 Å². The normalized spacial score (nSPS) is 19.6. The van der Waals surface area contributed by atoms with E-state index >= 15 is 0 Å². The second-order valence-electron chi connectivity index (χ2n) is 9.57. The molecule has 6 nitrogen and oxygen atoms in total. The summed E-state index contributed by atoms with van der Waals surface area (Å²) in [7, 11) is 0. The van der Waals surface area contributed by atoms with Crippen molar-refractivity contribution in [3.05, 3.63) is 94.9 Å². The summed E-state index contributed by atoms with van der Waals surface area (Å²) in [6.45, 7) is 5.79. The molecule has 193 valence electrons. The van der Waals surface area contributed by atoms with Crippen molar-refractivity contribution in [1.29, 1.82) is 0 Å². The van der Waals surface area contributed by atoms with Crippen LogP contribution in [0.1, 0.15) is 41.0 Å². The molecule has 3 atom stereocenters. The highest BCUT2D eigenvalue weighted by Crippen LogP contribution is 2.34. The molecule has 0 bridgehead atoms. The molecule has 3 heterocycles.